The van der Waals surface area contributed by atoms with Crippen molar-refractivity contribution < 1.29 is 13.9 Å². The minimum absolute atomic E-state index is 0.136. The number of anilines is 1. The SMILES string of the molecule is CCOCOc1ccc(F)cc1N1CCCC(N)C1. The molecule has 0 amide bonds. The third kappa shape index (κ3) is 3.81. The number of halogens is 1. The molecular weight excluding hydrogens is 247 g/mol. The lowest BCUT2D eigenvalue weighted by atomic mass is 10.1. The Kier molecular flexibility index (Phi) is 4.99. The van der Waals surface area contributed by atoms with Crippen LogP contribution in [-0.4, -0.2) is 32.5 Å². The predicted octanol–water partition coefficient (Wildman–Crippen LogP) is 2.13. The molecule has 106 valence electrons. The van der Waals surface area contributed by atoms with Gasteiger partial charge in [0.25, 0.3) is 0 Å². The second-order valence-corrected chi connectivity index (χ2v) is 4.72. The molecule has 0 bridgehead atoms. The summed E-state index contributed by atoms with van der Waals surface area (Å²) in [6.07, 6.45) is 2.03. The molecular formula is C14H21FN2O2. The highest BCUT2D eigenvalue weighted by Crippen LogP contribution is 2.31. The Bertz CT molecular complexity index is 414. The fraction of sp³-hybridized carbons (Fsp3) is 0.571. The average molecular weight is 268 g/mol. The molecule has 0 spiro atoms. The zero-order valence-electron chi connectivity index (χ0n) is 11.3. The zero-order chi connectivity index (χ0) is 13.7. The maximum atomic E-state index is 13.4. The molecule has 0 saturated carbocycles. The third-order valence-corrected chi connectivity index (χ3v) is 3.22. The first-order chi connectivity index (χ1) is 9.20. The summed E-state index contributed by atoms with van der Waals surface area (Å²) in [7, 11) is 0. The van der Waals surface area contributed by atoms with Crippen LogP contribution in [0.4, 0.5) is 10.1 Å². The number of benzene rings is 1. The Morgan fingerprint density at radius 2 is 2.32 bits per heavy atom. The highest BCUT2D eigenvalue weighted by atomic mass is 19.1. The number of hydrogen-bond acceptors (Lipinski definition) is 4. The van der Waals surface area contributed by atoms with Crippen molar-refractivity contribution in [1.82, 2.24) is 0 Å². The van der Waals surface area contributed by atoms with E-state index in [0.717, 1.165) is 31.6 Å². The van der Waals surface area contributed by atoms with Gasteiger partial charge >= 0.3 is 0 Å². The Labute approximate surface area is 113 Å². The highest BCUT2D eigenvalue weighted by Gasteiger charge is 2.20. The van der Waals surface area contributed by atoms with Gasteiger partial charge in [0.2, 0.25) is 0 Å². The second-order valence-electron chi connectivity index (χ2n) is 4.72. The molecule has 5 heteroatoms. The standard InChI is InChI=1S/C14H21FN2O2/c1-2-18-10-19-14-6-5-11(15)8-13(14)17-7-3-4-12(16)9-17/h5-6,8,12H,2-4,7,9-10,16H2,1H3. The molecule has 1 aliphatic heterocycles. The van der Waals surface area contributed by atoms with E-state index in [4.69, 9.17) is 15.2 Å². The largest absolute Gasteiger partial charge is 0.465 e. The molecule has 1 aliphatic rings. The summed E-state index contributed by atoms with van der Waals surface area (Å²) >= 11 is 0. The van der Waals surface area contributed by atoms with Gasteiger partial charge in [-0.25, -0.2) is 4.39 Å². The van der Waals surface area contributed by atoms with Gasteiger partial charge in [0.15, 0.2) is 6.79 Å². The van der Waals surface area contributed by atoms with Gasteiger partial charge < -0.3 is 20.1 Å². The summed E-state index contributed by atoms with van der Waals surface area (Å²) in [5.74, 6) is 0.377. The van der Waals surface area contributed by atoms with Crippen molar-refractivity contribution >= 4 is 5.69 Å². The fourth-order valence-electron chi connectivity index (χ4n) is 2.28. The average Bonchev–Trinajstić information content (AvgIpc) is 2.40. The predicted molar refractivity (Wildman–Crippen MR) is 72.9 cm³/mol. The van der Waals surface area contributed by atoms with Gasteiger partial charge in [-0.1, -0.05) is 0 Å². The maximum absolute atomic E-state index is 13.4. The molecule has 1 fully saturated rings. The summed E-state index contributed by atoms with van der Waals surface area (Å²) in [4.78, 5) is 2.08. The second kappa shape index (κ2) is 6.73. The molecule has 0 radical (unpaired) electrons. The van der Waals surface area contributed by atoms with Gasteiger partial charge in [-0.2, -0.15) is 0 Å². The molecule has 1 saturated heterocycles. The Balaban J connectivity index is 2.13. The number of nitrogens with two attached hydrogens (primary N) is 1. The van der Waals surface area contributed by atoms with E-state index in [1.54, 1.807) is 6.07 Å². The lowest BCUT2D eigenvalue weighted by Gasteiger charge is -2.33. The van der Waals surface area contributed by atoms with Crippen LogP contribution in [0.2, 0.25) is 0 Å². The van der Waals surface area contributed by atoms with Crippen LogP contribution in [0, 0.1) is 5.82 Å². The molecule has 1 atom stereocenters. The van der Waals surface area contributed by atoms with Gasteiger partial charge in [0.1, 0.15) is 11.6 Å². The van der Waals surface area contributed by atoms with Crippen LogP contribution in [-0.2, 0) is 4.74 Å². The summed E-state index contributed by atoms with van der Waals surface area (Å²) in [6.45, 7) is 4.27. The van der Waals surface area contributed by atoms with Crippen molar-refractivity contribution in [2.45, 2.75) is 25.8 Å². The molecule has 19 heavy (non-hydrogen) atoms. The molecule has 4 nitrogen and oxygen atoms in total. The molecule has 1 aromatic rings. The quantitative estimate of drug-likeness (QED) is 0.656. The molecule has 1 unspecified atom stereocenters. The number of ether oxygens (including phenoxy) is 2. The van der Waals surface area contributed by atoms with E-state index >= 15 is 0 Å². The van der Waals surface area contributed by atoms with Crippen LogP contribution in [0.15, 0.2) is 18.2 Å². The van der Waals surface area contributed by atoms with Gasteiger partial charge in [-0.15, -0.1) is 0 Å². The number of hydrogen-bond donors (Lipinski definition) is 1. The summed E-state index contributed by atoms with van der Waals surface area (Å²) in [6, 6.07) is 4.68. The maximum Gasteiger partial charge on any atom is 0.189 e. The highest BCUT2D eigenvalue weighted by molar-refractivity contribution is 5.59. The molecule has 1 aromatic carbocycles. The normalized spacial score (nSPS) is 19.5. The first-order valence-corrected chi connectivity index (χ1v) is 6.71. The monoisotopic (exact) mass is 268 g/mol. The van der Waals surface area contributed by atoms with Crippen LogP contribution in [0.5, 0.6) is 5.75 Å². The minimum atomic E-state index is -0.266. The first kappa shape index (κ1) is 14.1. The number of nitrogens with zero attached hydrogens (tertiary/aromatic N) is 1. The van der Waals surface area contributed by atoms with E-state index in [1.165, 1.54) is 12.1 Å². The number of rotatable bonds is 5. The van der Waals surface area contributed by atoms with E-state index < -0.39 is 0 Å². The van der Waals surface area contributed by atoms with Crippen LogP contribution in [0.25, 0.3) is 0 Å². The van der Waals surface area contributed by atoms with Gasteiger partial charge in [0.05, 0.1) is 5.69 Å². The van der Waals surface area contributed by atoms with E-state index in [0.29, 0.717) is 12.4 Å². The van der Waals surface area contributed by atoms with E-state index in [9.17, 15) is 4.39 Å². The molecule has 2 N–H and O–H groups in total. The van der Waals surface area contributed by atoms with Crippen molar-refractivity contribution in [2.24, 2.45) is 5.73 Å². The van der Waals surface area contributed by atoms with E-state index in [2.05, 4.69) is 4.90 Å². The molecule has 2 rings (SSSR count). The summed E-state index contributed by atoms with van der Waals surface area (Å²) in [5.41, 5.74) is 6.73. The van der Waals surface area contributed by atoms with Gasteiger partial charge in [-0.05, 0) is 31.9 Å². The summed E-state index contributed by atoms with van der Waals surface area (Å²) in [5, 5.41) is 0. The number of piperidine rings is 1. The van der Waals surface area contributed by atoms with Crippen LogP contribution >= 0.6 is 0 Å². The minimum Gasteiger partial charge on any atom is -0.465 e. The Hall–Kier alpha value is -1.33. The molecule has 1 heterocycles. The van der Waals surface area contributed by atoms with Crippen LogP contribution < -0.4 is 15.4 Å². The Morgan fingerprint density at radius 1 is 1.47 bits per heavy atom. The van der Waals surface area contributed by atoms with Crippen LogP contribution in [0.3, 0.4) is 0 Å². The van der Waals surface area contributed by atoms with Crippen molar-refractivity contribution in [1.29, 1.82) is 0 Å². The molecule has 0 aliphatic carbocycles. The molecule has 0 aromatic heterocycles. The Morgan fingerprint density at radius 3 is 3.05 bits per heavy atom. The van der Waals surface area contributed by atoms with E-state index in [-0.39, 0.29) is 18.7 Å². The lowest BCUT2D eigenvalue weighted by Crippen LogP contribution is -2.43. The van der Waals surface area contributed by atoms with Crippen molar-refractivity contribution in [3.63, 3.8) is 0 Å². The van der Waals surface area contributed by atoms with E-state index in [1.807, 2.05) is 6.92 Å². The topological polar surface area (TPSA) is 47.7 Å². The first-order valence-electron chi connectivity index (χ1n) is 6.71. The van der Waals surface area contributed by atoms with Crippen molar-refractivity contribution in [2.75, 3.05) is 31.4 Å². The van der Waals surface area contributed by atoms with Crippen LogP contribution in [0.1, 0.15) is 19.8 Å². The third-order valence-electron chi connectivity index (χ3n) is 3.22. The smallest absolute Gasteiger partial charge is 0.189 e. The van der Waals surface area contributed by atoms with Crippen molar-refractivity contribution in [3.8, 4) is 5.75 Å². The lowest BCUT2D eigenvalue weighted by molar-refractivity contribution is 0.0226. The van der Waals surface area contributed by atoms with Gasteiger partial charge in [-0.3, -0.25) is 0 Å². The summed E-state index contributed by atoms with van der Waals surface area (Å²) < 4.78 is 24.2. The van der Waals surface area contributed by atoms with Gasteiger partial charge in [0, 0.05) is 31.8 Å². The zero-order valence-corrected chi connectivity index (χ0v) is 11.3. The fourth-order valence-corrected chi connectivity index (χ4v) is 2.28. The van der Waals surface area contributed by atoms with Crippen molar-refractivity contribution in [3.05, 3.63) is 24.0 Å².